The maximum absolute atomic E-state index is 12.4. The number of aliphatic imine (C=N–C) groups is 1. The summed E-state index contributed by atoms with van der Waals surface area (Å²) in [6.45, 7) is 5.27. The normalized spacial score (nSPS) is 20.5. The topological polar surface area (TPSA) is 74.8 Å². The molecule has 1 saturated heterocycles. The van der Waals surface area contributed by atoms with Gasteiger partial charge in [0.15, 0.2) is 5.96 Å². The van der Waals surface area contributed by atoms with Crippen molar-refractivity contribution in [2.45, 2.75) is 64.5 Å². The highest BCUT2D eigenvalue weighted by atomic mass is 127. The van der Waals surface area contributed by atoms with Crippen molar-refractivity contribution in [2.75, 3.05) is 26.7 Å². The van der Waals surface area contributed by atoms with Gasteiger partial charge in [-0.2, -0.15) is 0 Å². The molecular formula is C23H37IN4O2. The minimum absolute atomic E-state index is 0. The molecule has 1 heterocycles. The molecule has 0 radical (unpaired) electrons. The lowest BCUT2D eigenvalue weighted by molar-refractivity contribution is 0.0857. The van der Waals surface area contributed by atoms with E-state index in [4.69, 9.17) is 4.74 Å². The fourth-order valence-electron chi connectivity index (χ4n) is 4.39. The summed E-state index contributed by atoms with van der Waals surface area (Å²) in [6.07, 6.45) is 8.75. The van der Waals surface area contributed by atoms with Gasteiger partial charge in [-0.3, -0.25) is 9.79 Å². The van der Waals surface area contributed by atoms with Gasteiger partial charge in [0.1, 0.15) is 0 Å². The lowest BCUT2D eigenvalue weighted by Gasteiger charge is -2.28. The molecular weight excluding hydrogens is 491 g/mol. The summed E-state index contributed by atoms with van der Waals surface area (Å²) in [6, 6.07) is 7.75. The SMILES string of the molecule is CCC1(CNC(=NC)NCc2cccc(C(=O)NCC3CCCO3)c2)CCCC1.I. The maximum atomic E-state index is 12.4. The van der Waals surface area contributed by atoms with E-state index in [1.165, 1.54) is 32.1 Å². The molecule has 0 aromatic heterocycles. The third kappa shape index (κ3) is 7.11. The van der Waals surface area contributed by atoms with Crippen molar-refractivity contribution in [3.05, 3.63) is 35.4 Å². The van der Waals surface area contributed by atoms with Crippen LogP contribution in [0.2, 0.25) is 0 Å². The second-order valence-electron chi connectivity index (χ2n) is 8.39. The van der Waals surface area contributed by atoms with Crippen molar-refractivity contribution < 1.29 is 9.53 Å². The molecule has 3 rings (SSSR count). The van der Waals surface area contributed by atoms with E-state index < -0.39 is 0 Å². The van der Waals surface area contributed by atoms with Crippen molar-refractivity contribution in [1.29, 1.82) is 0 Å². The number of carbonyl (C=O) groups is 1. The van der Waals surface area contributed by atoms with Gasteiger partial charge in [-0.15, -0.1) is 24.0 Å². The molecule has 1 atom stereocenters. The largest absolute Gasteiger partial charge is 0.376 e. The quantitative estimate of drug-likeness (QED) is 0.272. The third-order valence-electron chi connectivity index (χ3n) is 6.43. The number of nitrogens with one attached hydrogen (secondary N) is 3. The number of ether oxygens (including phenoxy) is 1. The molecule has 168 valence electrons. The smallest absolute Gasteiger partial charge is 0.251 e. The predicted octanol–water partition coefficient (Wildman–Crippen LogP) is 3.85. The molecule has 3 N–H and O–H groups in total. The Morgan fingerprint density at radius 2 is 2.00 bits per heavy atom. The van der Waals surface area contributed by atoms with Crippen LogP contribution < -0.4 is 16.0 Å². The number of rotatable bonds is 8. The fraction of sp³-hybridized carbons (Fsp3) is 0.652. The van der Waals surface area contributed by atoms with Crippen molar-refractivity contribution >= 4 is 35.8 Å². The molecule has 2 fully saturated rings. The summed E-state index contributed by atoms with van der Waals surface area (Å²) in [5.41, 5.74) is 2.16. The van der Waals surface area contributed by atoms with Gasteiger partial charge < -0.3 is 20.7 Å². The summed E-state index contributed by atoms with van der Waals surface area (Å²) in [5.74, 6) is 0.772. The Bertz CT molecular complexity index is 698. The van der Waals surface area contributed by atoms with E-state index in [1.54, 1.807) is 7.05 Å². The van der Waals surface area contributed by atoms with Gasteiger partial charge in [-0.25, -0.2) is 0 Å². The van der Waals surface area contributed by atoms with E-state index >= 15 is 0 Å². The highest BCUT2D eigenvalue weighted by Gasteiger charge is 2.31. The van der Waals surface area contributed by atoms with Crippen LogP contribution in [0.1, 0.15) is 67.8 Å². The number of amides is 1. The van der Waals surface area contributed by atoms with Gasteiger partial charge in [0.25, 0.3) is 5.91 Å². The molecule has 1 amide bonds. The lowest BCUT2D eigenvalue weighted by atomic mass is 9.83. The standard InChI is InChI=1S/C23H36N4O2.HI/c1-3-23(11-4-5-12-23)17-27-22(24-2)26-15-18-8-6-9-19(14-18)21(28)25-16-20-10-7-13-29-20;/h6,8-9,14,20H,3-5,7,10-13,15-17H2,1-2H3,(H,25,28)(H2,24,26,27);1H. The first-order chi connectivity index (χ1) is 14.1. The van der Waals surface area contributed by atoms with E-state index in [-0.39, 0.29) is 36.0 Å². The average molecular weight is 528 g/mol. The van der Waals surface area contributed by atoms with Crippen molar-refractivity contribution in [3.8, 4) is 0 Å². The molecule has 1 aliphatic carbocycles. The zero-order valence-electron chi connectivity index (χ0n) is 18.3. The Hall–Kier alpha value is -1.35. The van der Waals surface area contributed by atoms with Crippen LogP contribution in [-0.4, -0.2) is 44.7 Å². The number of nitrogens with zero attached hydrogens (tertiary/aromatic N) is 1. The number of guanidine groups is 1. The Morgan fingerprint density at radius 1 is 1.20 bits per heavy atom. The van der Waals surface area contributed by atoms with Crippen molar-refractivity contribution in [1.82, 2.24) is 16.0 Å². The van der Waals surface area contributed by atoms with Crippen LogP contribution in [0.3, 0.4) is 0 Å². The van der Waals surface area contributed by atoms with Crippen LogP contribution in [0.4, 0.5) is 0 Å². The zero-order chi connectivity index (χ0) is 20.5. The number of hydrogen-bond donors (Lipinski definition) is 3. The summed E-state index contributed by atoms with van der Waals surface area (Å²) in [5, 5.41) is 9.87. The van der Waals surface area contributed by atoms with Gasteiger partial charge in [0.2, 0.25) is 0 Å². The molecule has 0 bridgehead atoms. The van der Waals surface area contributed by atoms with Gasteiger partial charge >= 0.3 is 0 Å². The first-order valence-electron chi connectivity index (χ1n) is 11.1. The van der Waals surface area contributed by atoms with Gasteiger partial charge in [-0.05, 0) is 55.2 Å². The monoisotopic (exact) mass is 528 g/mol. The highest BCUT2D eigenvalue weighted by molar-refractivity contribution is 14.0. The molecule has 1 saturated carbocycles. The number of benzene rings is 1. The second kappa shape index (κ2) is 12.5. The summed E-state index contributed by atoms with van der Waals surface area (Å²) < 4.78 is 5.57. The third-order valence-corrected chi connectivity index (χ3v) is 6.43. The van der Waals surface area contributed by atoms with E-state index in [2.05, 4.69) is 27.9 Å². The number of carbonyl (C=O) groups excluding carboxylic acids is 1. The molecule has 1 unspecified atom stereocenters. The minimum Gasteiger partial charge on any atom is -0.376 e. The zero-order valence-corrected chi connectivity index (χ0v) is 20.7. The first kappa shape index (κ1) is 24.9. The first-order valence-corrected chi connectivity index (χ1v) is 11.1. The fourth-order valence-corrected chi connectivity index (χ4v) is 4.39. The van der Waals surface area contributed by atoms with Crippen LogP contribution in [0.25, 0.3) is 0 Å². The Balaban J connectivity index is 0.00000320. The molecule has 6 nitrogen and oxygen atoms in total. The van der Waals surface area contributed by atoms with Gasteiger partial charge in [0, 0.05) is 38.9 Å². The van der Waals surface area contributed by atoms with Gasteiger partial charge in [0.05, 0.1) is 6.10 Å². The second-order valence-corrected chi connectivity index (χ2v) is 8.39. The Labute approximate surface area is 198 Å². The summed E-state index contributed by atoms with van der Waals surface area (Å²) in [7, 11) is 1.80. The van der Waals surface area contributed by atoms with Crippen LogP contribution >= 0.6 is 24.0 Å². The Morgan fingerprint density at radius 3 is 2.67 bits per heavy atom. The molecule has 7 heteroatoms. The number of hydrogen-bond acceptors (Lipinski definition) is 3. The van der Waals surface area contributed by atoms with Crippen LogP contribution in [0.5, 0.6) is 0 Å². The van der Waals surface area contributed by atoms with Crippen molar-refractivity contribution in [3.63, 3.8) is 0 Å². The van der Waals surface area contributed by atoms with Gasteiger partial charge in [-0.1, -0.05) is 31.9 Å². The maximum Gasteiger partial charge on any atom is 0.251 e. The van der Waals surface area contributed by atoms with Crippen LogP contribution in [-0.2, 0) is 11.3 Å². The summed E-state index contributed by atoms with van der Waals surface area (Å²) in [4.78, 5) is 16.8. The van der Waals surface area contributed by atoms with E-state index in [1.807, 2.05) is 24.3 Å². The molecule has 0 spiro atoms. The van der Waals surface area contributed by atoms with Crippen LogP contribution in [0, 0.1) is 5.41 Å². The van der Waals surface area contributed by atoms with E-state index in [0.29, 0.717) is 24.1 Å². The predicted molar refractivity (Wildman–Crippen MR) is 133 cm³/mol. The minimum atomic E-state index is -0.0454. The van der Waals surface area contributed by atoms with E-state index in [9.17, 15) is 4.79 Å². The van der Waals surface area contributed by atoms with Crippen molar-refractivity contribution in [2.24, 2.45) is 10.4 Å². The summed E-state index contributed by atoms with van der Waals surface area (Å²) >= 11 is 0. The van der Waals surface area contributed by atoms with Crippen LogP contribution in [0.15, 0.2) is 29.3 Å². The highest BCUT2D eigenvalue weighted by Crippen LogP contribution is 2.40. The molecule has 30 heavy (non-hydrogen) atoms. The molecule has 1 aromatic carbocycles. The number of halogens is 1. The lowest BCUT2D eigenvalue weighted by Crippen LogP contribution is -2.42. The molecule has 1 aliphatic heterocycles. The van der Waals surface area contributed by atoms with E-state index in [0.717, 1.165) is 37.5 Å². The molecule has 1 aromatic rings. The Kier molecular flexibility index (Phi) is 10.4. The average Bonchev–Trinajstić information content (AvgIpc) is 3.45. The molecule has 2 aliphatic rings.